The van der Waals surface area contributed by atoms with Gasteiger partial charge in [-0.3, -0.25) is 8.43 Å². The summed E-state index contributed by atoms with van der Waals surface area (Å²) in [6.45, 7) is 2.91. The van der Waals surface area contributed by atoms with Gasteiger partial charge in [-0.15, -0.1) is 0 Å². The fraction of sp³-hybridized carbons (Fsp3) is 1.00. The monoisotopic (exact) mass is 306 g/mol. The molecule has 11 heteroatoms. The Balaban J connectivity index is 4.75. The average molecular weight is 306 g/mol. The van der Waals surface area contributed by atoms with E-state index in [2.05, 4.69) is 0 Å². The Labute approximate surface area is 103 Å². The van der Waals surface area contributed by atoms with Gasteiger partial charge in [0.25, 0.3) is 0 Å². The lowest BCUT2D eigenvalue weighted by Gasteiger charge is -2.28. The van der Waals surface area contributed by atoms with Crippen LogP contribution in [0.1, 0.15) is 0 Å². The summed E-state index contributed by atoms with van der Waals surface area (Å²) in [4.78, 5) is 9.57. The third-order valence-electron chi connectivity index (χ3n) is 2.05. The predicted octanol–water partition coefficient (Wildman–Crippen LogP) is 0.843. The molecule has 8 nitrogen and oxygen atoms in total. The van der Waals surface area contributed by atoms with Crippen LogP contribution in [-0.4, -0.2) is 50.9 Å². The van der Waals surface area contributed by atoms with Crippen molar-refractivity contribution in [2.75, 3.05) is 28.4 Å². The minimum atomic E-state index is -4.38. The minimum Gasteiger partial charge on any atom is -0.377 e. The smallest absolute Gasteiger partial charge is 0.377 e. The van der Waals surface area contributed by atoms with Crippen LogP contribution in [0.5, 0.6) is 0 Å². The van der Waals surface area contributed by atoms with Gasteiger partial charge in [0.1, 0.15) is 0 Å². The highest BCUT2D eigenvalue weighted by Crippen LogP contribution is 2.49. The van der Waals surface area contributed by atoms with E-state index in [0.29, 0.717) is 0 Å². The van der Waals surface area contributed by atoms with Crippen molar-refractivity contribution in [1.29, 1.82) is 0 Å². The standard InChI is InChI=1S/C6H19O8PSi2/c1-9-16(5,10-2)13-15(7,8)14-17(6,11-3)12-4/h1-6H3,(H,7,8). The van der Waals surface area contributed by atoms with Crippen molar-refractivity contribution in [2.45, 2.75) is 13.1 Å². The fourth-order valence-corrected chi connectivity index (χ4v) is 6.12. The third-order valence-corrected chi connectivity index (χ3v) is 9.51. The second-order valence-electron chi connectivity index (χ2n) is 3.19. The number of hydrogen-bond acceptors (Lipinski definition) is 7. The van der Waals surface area contributed by atoms with Crippen molar-refractivity contribution in [2.24, 2.45) is 0 Å². The molecule has 0 aromatic rings. The highest BCUT2D eigenvalue weighted by atomic mass is 31.2. The van der Waals surface area contributed by atoms with Gasteiger partial charge in [0.15, 0.2) is 0 Å². The van der Waals surface area contributed by atoms with E-state index >= 15 is 0 Å². The van der Waals surface area contributed by atoms with Crippen LogP contribution in [-0.2, 0) is 30.7 Å². The number of hydrogen-bond donors (Lipinski definition) is 1. The summed E-state index contributed by atoms with van der Waals surface area (Å²) in [7, 11) is -5.47. The summed E-state index contributed by atoms with van der Waals surface area (Å²) in [6, 6.07) is 0. The maximum absolute atomic E-state index is 11.7. The van der Waals surface area contributed by atoms with Crippen LogP contribution in [0.4, 0.5) is 0 Å². The summed E-state index contributed by atoms with van der Waals surface area (Å²) in [6.07, 6.45) is 0. The Morgan fingerprint density at radius 3 is 1.24 bits per heavy atom. The predicted molar refractivity (Wildman–Crippen MR) is 63.3 cm³/mol. The SMILES string of the molecule is CO[Si](C)(OC)OP(=O)(O)O[Si](C)(OC)OC. The molecule has 0 bridgehead atoms. The van der Waals surface area contributed by atoms with E-state index in [1.165, 1.54) is 41.5 Å². The van der Waals surface area contributed by atoms with E-state index in [1.54, 1.807) is 0 Å². The van der Waals surface area contributed by atoms with Gasteiger partial charge < -0.3 is 22.6 Å². The highest BCUT2D eigenvalue weighted by Gasteiger charge is 2.47. The first-order valence-corrected chi connectivity index (χ1v) is 10.6. The van der Waals surface area contributed by atoms with E-state index in [4.69, 9.17) is 26.1 Å². The lowest BCUT2D eigenvalue weighted by molar-refractivity contribution is 0.116. The maximum Gasteiger partial charge on any atom is 0.505 e. The van der Waals surface area contributed by atoms with Gasteiger partial charge in [0.2, 0.25) is 0 Å². The Kier molecular flexibility index (Phi) is 6.67. The van der Waals surface area contributed by atoms with E-state index < -0.39 is 25.4 Å². The van der Waals surface area contributed by atoms with Gasteiger partial charge >= 0.3 is 25.4 Å². The van der Waals surface area contributed by atoms with Crippen LogP contribution in [0, 0.1) is 0 Å². The lowest BCUT2D eigenvalue weighted by atomic mass is 11.8. The van der Waals surface area contributed by atoms with Crippen LogP contribution >= 0.6 is 7.82 Å². The topological polar surface area (TPSA) is 92.7 Å². The first-order chi connectivity index (χ1) is 7.66. The van der Waals surface area contributed by atoms with Gasteiger partial charge in [-0.1, -0.05) is 0 Å². The second kappa shape index (κ2) is 6.52. The van der Waals surface area contributed by atoms with Crippen LogP contribution in [0.15, 0.2) is 0 Å². The summed E-state index contributed by atoms with van der Waals surface area (Å²) >= 11 is 0. The highest BCUT2D eigenvalue weighted by molar-refractivity contribution is 7.50. The molecule has 0 aromatic carbocycles. The molecule has 0 fully saturated rings. The van der Waals surface area contributed by atoms with Gasteiger partial charge in [0.05, 0.1) is 0 Å². The molecule has 0 aliphatic heterocycles. The second-order valence-corrected chi connectivity index (χ2v) is 10.7. The molecule has 0 saturated heterocycles. The Morgan fingerprint density at radius 2 is 1.06 bits per heavy atom. The van der Waals surface area contributed by atoms with Crippen molar-refractivity contribution in [1.82, 2.24) is 0 Å². The lowest BCUT2D eigenvalue weighted by Crippen LogP contribution is -2.43. The normalized spacial score (nSPS) is 14.1. The minimum absolute atomic E-state index is 1.32. The van der Waals surface area contributed by atoms with Crippen molar-refractivity contribution < 1.29 is 35.6 Å². The summed E-state index contributed by atoms with van der Waals surface area (Å²) < 4.78 is 41.2. The zero-order valence-electron chi connectivity index (χ0n) is 10.8. The maximum atomic E-state index is 11.7. The zero-order chi connectivity index (χ0) is 13.7. The quantitative estimate of drug-likeness (QED) is 0.521. The van der Waals surface area contributed by atoms with Crippen molar-refractivity contribution in [3.8, 4) is 0 Å². The molecule has 0 saturated carbocycles. The summed E-state index contributed by atoms with van der Waals surface area (Å²) in [5, 5.41) is 0. The van der Waals surface area contributed by atoms with E-state index in [9.17, 15) is 9.46 Å². The Hall–Kier alpha value is 0.384. The number of phosphoric acid groups is 1. The van der Waals surface area contributed by atoms with Gasteiger partial charge in [-0.05, 0) is 0 Å². The van der Waals surface area contributed by atoms with Crippen LogP contribution in [0.25, 0.3) is 0 Å². The molecular formula is C6H19O8PSi2. The molecule has 17 heavy (non-hydrogen) atoms. The molecule has 0 aliphatic carbocycles. The largest absolute Gasteiger partial charge is 0.505 e. The molecule has 0 radical (unpaired) electrons. The molecule has 0 amide bonds. The molecule has 0 heterocycles. The Morgan fingerprint density at radius 1 is 0.824 bits per heavy atom. The molecule has 0 spiro atoms. The van der Waals surface area contributed by atoms with Gasteiger partial charge in [-0.2, -0.15) is 0 Å². The Bertz CT molecular complexity index is 255. The molecular weight excluding hydrogens is 287 g/mol. The van der Waals surface area contributed by atoms with E-state index in [1.807, 2.05) is 0 Å². The van der Waals surface area contributed by atoms with Crippen LogP contribution in [0.2, 0.25) is 13.1 Å². The molecule has 1 N–H and O–H groups in total. The van der Waals surface area contributed by atoms with E-state index in [0.717, 1.165) is 0 Å². The molecule has 104 valence electrons. The third kappa shape index (κ3) is 5.70. The van der Waals surface area contributed by atoms with Crippen molar-refractivity contribution >= 4 is 25.4 Å². The molecule has 0 unspecified atom stereocenters. The first-order valence-electron chi connectivity index (χ1n) is 4.61. The zero-order valence-corrected chi connectivity index (χ0v) is 13.6. The van der Waals surface area contributed by atoms with Crippen LogP contribution < -0.4 is 0 Å². The van der Waals surface area contributed by atoms with Crippen molar-refractivity contribution in [3.63, 3.8) is 0 Å². The van der Waals surface area contributed by atoms with Gasteiger partial charge in [0, 0.05) is 41.5 Å². The molecule has 0 atom stereocenters. The summed E-state index contributed by atoms with van der Waals surface area (Å²) in [5.41, 5.74) is 0. The number of rotatable bonds is 8. The average Bonchev–Trinajstić information content (AvgIpc) is 2.27. The summed E-state index contributed by atoms with van der Waals surface area (Å²) in [5.74, 6) is 0. The molecule has 0 aromatic heterocycles. The molecule has 0 rings (SSSR count). The van der Waals surface area contributed by atoms with E-state index in [-0.39, 0.29) is 0 Å². The molecule has 0 aliphatic rings. The van der Waals surface area contributed by atoms with Crippen LogP contribution in [0.3, 0.4) is 0 Å². The first kappa shape index (κ1) is 17.4. The fourth-order valence-electron chi connectivity index (χ4n) is 0.753. The van der Waals surface area contributed by atoms with Crippen molar-refractivity contribution in [3.05, 3.63) is 0 Å². The van der Waals surface area contributed by atoms with Gasteiger partial charge in [-0.25, -0.2) is 4.57 Å².